The number of nitrogens with zero attached hydrogens (tertiary/aromatic N) is 4. The predicted molar refractivity (Wildman–Crippen MR) is 87.2 cm³/mol. The highest BCUT2D eigenvalue weighted by Gasteiger charge is 2.15. The monoisotopic (exact) mass is 304 g/mol. The molecular weight excluding hydrogens is 292 g/mol. The molecule has 0 atom stereocenters. The fourth-order valence-electron chi connectivity index (χ4n) is 2.82. The van der Waals surface area contributed by atoms with Gasteiger partial charge in [-0.3, -0.25) is 15.1 Å². The van der Waals surface area contributed by atoms with Gasteiger partial charge < -0.3 is 4.57 Å². The van der Waals surface area contributed by atoms with Crippen molar-refractivity contribution in [2.75, 3.05) is 0 Å². The molecule has 112 valence electrons. The first-order chi connectivity index (χ1) is 11.2. The van der Waals surface area contributed by atoms with E-state index in [0.29, 0.717) is 12.1 Å². The van der Waals surface area contributed by atoms with E-state index in [4.69, 9.17) is 0 Å². The van der Waals surface area contributed by atoms with Gasteiger partial charge in [-0.2, -0.15) is 0 Å². The minimum absolute atomic E-state index is 0.0286. The molecule has 0 aliphatic heterocycles. The van der Waals surface area contributed by atoms with Gasteiger partial charge in [0.2, 0.25) is 0 Å². The van der Waals surface area contributed by atoms with Gasteiger partial charge in [-0.15, -0.1) is 0 Å². The van der Waals surface area contributed by atoms with Gasteiger partial charge in [0.15, 0.2) is 5.52 Å². The maximum atomic E-state index is 11.1. The first kappa shape index (κ1) is 13.4. The summed E-state index contributed by atoms with van der Waals surface area (Å²) < 4.78 is 1.92. The van der Waals surface area contributed by atoms with Crippen LogP contribution in [-0.2, 0) is 6.54 Å². The quantitative estimate of drug-likeness (QED) is 0.428. The zero-order chi connectivity index (χ0) is 15.8. The van der Waals surface area contributed by atoms with E-state index in [-0.39, 0.29) is 5.69 Å². The zero-order valence-corrected chi connectivity index (χ0v) is 12.1. The molecule has 0 bridgehead atoms. The zero-order valence-electron chi connectivity index (χ0n) is 12.1. The molecule has 0 unspecified atom stereocenters. The van der Waals surface area contributed by atoms with Crippen molar-refractivity contribution in [3.05, 3.63) is 76.7 Å². The highest BCUT2D eigenvalue weighted by Crippen LogP contribution is 2.25. The lowest BCUT2D eigenvalue weighted by Crippen LogP contribution is -1.99. The Balaban J connectivity index is 1.84. The maximum Gasteiger partial charge on any atom is 0.297 e. The van der Waals surface area contributed by atoms with Crippen LogP contribution in [0.1, 0.15) is 5.56 Å². The Morgan fingerprint density at radius 3 is 2.78 bits per heavy atom. The molecule has 0 aliphatic rings. The molecule has 0 aliphatic carbocycles. The van der Waals surface area contributed by atoms with Crippen LogP contribution in [0.3, 0.4) is 0 Å². The van der Waals surface area contributed by atoms with E-state index in [1.807, 2.05) is 41.0 Å². The average molecular weight is 304 g/mol. The largest absolute Gasteiger partial charge is 0.326 e. The highest BCUT2D eigenvalue weighted by molar-refractivity contribution is 5.85. The van der Waals surface area contributed by atoms with Gasteiger partial charge in [0.05, 0.1) is 22.3 Å². The number of rotatable bonds is 3. The van der Waals surface area contributed by atoms with Crippen molar-refractivity contribution >= 4 is 27.6 Å². The number of imidazole rings is 1. The molecule has 0 N–H and O–H groups in total. The van der Waals surface area contributed by atoms with Crippen LogP contribution in [0.5, 0.6) is 0 Å². The lowest BCUT2D eigenvalue weighted by molar-refractivity contribution is -0.383. The Morgan fingerprint density at radius 1 is 1.04 bits per heavy atom. The summed E-state index contributed by atoms with van der Waals surface area (Å²) in [7, 11) is 0. The second-order valence-corrected chi connectivity index (χ2v) is 5.26. The van der Waals surface area contributed by atoms with Gasteiger partial charge >= 0.3 is 0 Å². The number of hydrogen-bond donors (Lipinski definition) is 0. The third-order valence-corrected chi connectivity index (χ3v) is 3.91. The fourth-order valence-corrected chi connectivity index (χ4v) is 2.82. The SMILES string of the molecule is O=[N+]([O-])c1cccc2c1ncn2Cc1ccnc2ccccc12. The molecule has 6 nitrogen and oxygen atoms in total. The molecule has 6 heteroatoms. The van der Waals surface area contributed by atoms with Crippen LogP contribution in [0, 0.1) is 10.1 Å². The molecular formula is C17H12N4O2. The molecule has 2 aromatic heterocycles. The van der Waals surface area contributed by atoms with Crippen molar-refractivity contribution in [1.29, 1.82) is 0 Å². The molecule has 0 spiro atoms. The first-order valence-corrected chi connectivity index (χ1v) is 7.15. The summed E-state index contributed by atoms with van der Waals surface area (Å²) >= 11 is 0. The standard InChI is InChI=1S/C17H12N4O2/c22-21(23)16-7-3-6-15-17(16)19-11-20(15)10-12-8-9-18-14-5-2-1-4-13(12)14/h1-9,11H,10H2. The van der Waals surface area contributed by atoms with Crippen LogP contribution in [-0.4, -0.2) is 19.5 Å². The Morgan fingerprint density at radius 2 is 1.91 bits per heavy atom. The lowest BCUT2D eigenvalue weighted by atomic mass is 10.1. The van der Waals surface area contributed by atoms with E-state index < -0.39 is 4.92 Å². The van der Waals surface area contributed by atoms with E-state index in [0.717, 1.165) is 22.0 Å². The van der Waals surface area contributed by atoms with Crippen molar-refractivity contribution < 1.29 is 4.92 Å². The van der Waals surface area contributed by atoms with Gasteiger partial charge in [0, 0.05) is 24.2 Å². The summed E-state index contributed by atoms with van der Waals surface area (Å²) in [5.74, 6) is 0. The van der Waals surface area contributed by atoms with E-state index in [9.17, 15) is 10.1 Å². The van der Waals surface area contributed by atoms with E-state index >= 15 is 0 Å². The Labute approximate surface area is 131 Å². The molecule has 0 amide bonds. The number of non-ortho nitro benzene ring substituents is 1. The summed E-state index contributed by atoms with van der Waals surface area (Å²) in [6.07, 6.45) is 3.42. The van der Waals surface area contributed by atoms with Crippen molar-refractivity contribution in [3.8, 4) is 0 Å². The second kappa shape index (κ2) is 5.17. The number of aromatic nitrogens is 3. The van der Waals surface area contributed by atoms with E-state index in [1.54, 1.807) is 18.6 Å². The second-order valence-electron chi connectivity index (χ2n) is 5.26. The number of hydrogen-bond acceptors (Lipinski definition) is 4. The third-order valence-electron chi connectivity index (χ3n) is 3.91. The molecule has 2 heterocycles. The number of pyridine rings is 1. The highest BCUT2D eigenvalue weighted by atomic mass is 16.6. The maximum absolute atomic E-state index is 11.1. The summed E-state index contributed by atoms with van der Waals surface area (Å²) in [4.78, 5) is 19.3. The van der Waals surface area contributed by atoms with E-state index in [1.165, 1.54) is 6.07 Å². The molecule has 2 aromatic carbocycles. The summed E-state index contributed by atoms with van der Waals surface area (Å²) in [5.41, 5.74) is 3.22. The molecule has 0 saturated carbocycles. The van der Waals surface area contributed by atoms with Gasteiger partial charge in [0.25, 0.3) is 5.69 Å². The molecule has 4 aromatic rings. The number of nitro groups is 1. The van der Waals surface area contributed by atoms with Crippen molar-refractivity contribution in [2.24, 2.45) is 0 Å². The molecule has 23 heavy (non-hydrogen) atoms. The number of fused-ring (bicyclic) bond motifs is 2. The third kappa shape index (κ3) is 2.20. The van der Waals surface area contributed by atoms with Crippen LogP contribution in [0.25, 0.3) is 21.9 Å². The molecule has 0 saturated heterocycles. The summed E-state index contributed by atoms with van der Waals surface area (Å²) in [6.45, 7) is 0.584. The average Bonchev–Trinajstić information content (AvgIpc) is 2.98. The van der Waals surface area contributed by atoms with Crippen LogP contribution >= 0.6 is 0 Å². The van der Waals surface area contributed by atoms with Gasteiger partial charge in [0.1, 0.15) is 0 Å². The number of nitro benzene ring substituents is 1. The van der Waals surface area contributed by atoms with Crippen LogP contribution in [0.4, 0.5) is 5.69 Å². The normalized spacial score (nSPS) is 11.1. The predicted octanol–water partition coefficient (Wildman–Crippen LogP) is 3.54. The van der Waals surface area contributed by atoms with Crippen molar-refractivity contribution in [1.82, 2.24) is 14.5 Å². The molecule has 0 radical (unpaired) electrons. The smallest absolute Gasteiger partial charge is 0.297 e. The van der Waals surface area contributed by atoms with Crippen molar-refractivity contribution in [3.63, 3.8) is 0 Å². The fraction of sp³-hybridized carbons (Fsp3) is 0.0588. The first-order valence-electron chi connectivity index (χ1n) is 7.15. The summed E-state index contributed by atoms with van der Waals surface area (Å²) in [6, 6.07) is 14.9. The lowest BCUT2D eigenvalue weighted by Gasteiger charge is -2.08. The van der Waals surface area contributed by atoms with Gasteiger partial charge in [-0.05, 0) is 23.8 Å². The number of benzene rings is 2. The van der Waals surface area contributed by atoms with E-state index in [2.05, 4.69) is 9.97 Å². The Hall–Kier alpha value is -3.28. The Bertz CT molecular complexity index is 1030. The van der Waals surface area contributed by atoms with Crippen molar-refractivity contribution in [2.45, 2.75) is 6.54 Å². The topological polar surface area (TPSA) is 73.8 Å². The summed E-state index contributed by atoms with van der Waals surface area (Å²) in [5, 5.41) is 12.2. The van der Waals surface area contributed by atoms with Crippen LogP contribution in [0.15, 0.2) is 61.1 Å². The molecule has 4 rings (SSSR count). The Kier molecular flexibility index (Phi) is 3.01. The van der Waals surface area contributed by atoms with Crippen LogP contribution < -0.4 is 0 Å². The number of para-hydroxylation sites is 2. The minimum atomic E-state index is -0.401. The molecule has 0 fully saturated rings. The van der Waals surface area contributed by atoms with Gasteiger partial charge in [-0.25, -0.2) is 4.98 Å². The van der Waals surface area contributed by atoms with Gasteiger partial charge in [-0.1, -0.05) is 24.3 Å². The minimum Gasteiger partial charge on any atom is -0.326 e. The van der Waals surface area contributed by atoms with Crippen LogP contribution in [0.2, 0.25) is 0 Å².